The van der Waals surface area contributed by atoms with Gasteiger partial charge in [0.05, 0.1) is 6.61 Å². The maximum Gasteiger partial charge on any atom is 0.426 e. The molecule has 6 heteroatoms. The number of unbranched alkanes of at least 4 members (excludes halogenated alkanes) is 1. The first-order chi connectivity index (χ1) is 13.5. The van der Waals surface area contributed by atoms with Crippen molar-refractivity contribution in [1.29, 1.82) is 0 Å². The molecular weight excluding hydrogens is 372 g/mol. The van der Waals surface area contributed by atoms with E-state index < -0.39 is 6.09 Å². The third-order valence-corrected chi connectivity index (χ3v) is 4.63. The van der Waals surface area contributed by atoms with E-state index in [2.05, 4.69) is 25.2 Å². The Hall–Kier alpha value is -2.47. The van der Waals surface area contributed by atoms with E-state index in [1.165, 1.54) is 4.31 Å². The largest absolute Gasteiger partial charge is 0.477 e. The van der Waals surface area contributed by atoms with E-state index in [-0.39, 0.29) is 0 Å². The topological polar surface area (TPSA) is 51.1 Å². The van der Waals surface area contributed by atoms with E-state index in [0.717, 1.165) is 36.1 Å². The van der Waals surface area contributed by atoms with E-state index in [1.807, 2.05) is 48.5 Å². The van der Waals surface area contributed by atoms with Crippen LogP contribution in [0.5, 0.6) is 5.75 Å². The highest BCUT2D eigenvalue weighted by Crippen LogP contribution is 2.22. The molecule has 0 N–H and O–H groups in total. The molecule has 5 nitrogen and oxygen atoms in total. The minimum atomic E-state index is -0.490. The molecule has 2 aromatic carbocycles. The Bertz CT molecular complexity index is 778. The summed E-state index contributed by atoms with van der Waals surface area (Å²) in [4.78, 5) is 12.4. The van der Waals surface area contributed by atoms with Gasteiger partial charge in [0.2, 0.25) is 5.90 Å². The van der Waals surface area contributed by atoms with Crippen molar-refractivity contribution in [3.8, 4) is 5.75 Å². The zero-order valence-corrected chi connectivity index (χ0v) is 17.7. The zero-order chi connectivity index (χ0) is 20.4. The summed E-state index contributed by atoms with van der Waals surface area (Å²) in [7, 11) is 1.62. The summed E-state index contributed by atoms with van der Waals surface area (Å²) < 4.78 is 17.0. The van der Waals surface area contributed by atoms with Gasteiger partial charge in [0.1, 0.15) is 17.9 Å². The van der Waals surface area contributed by atoms with Crippen molar-refractivity contribution in [2.75, 3.05) is 13.7 Å². The fraction of sp³-hybridized carbons (Fsp3) is 0.364. The van der Waals surface area contributed by atoms with Crippen LogP contribution in [0, 0.1) is 0 Å². The van der Waals surface area contributed by atoms with Crippen molar-refractivity contribution in [3.05, 3.63) is 65.7 Å². The number of nitrogens with zero attached hydrogens (tertiary/aromatic N) is 2. The molecule has 2 aromatic rings. The summed E-state index contributed by atoms with van der Waals surface area (Å²) in [6.45, 7) is 6.89. The van der Waals surface area contributed by atoms with Gasteiger partial charge in [-0.3, -0.25) is 0 Å². The molecule has 0 aliphatic carbocycles. The van der Waals surface area contributed by atoms with Crippen LogP contribution in [-0.4, -0.2) is 30.0 Å². The van der Waals surface area contributed by atoms with Gasteiger partial charge in [0.25, 0.3) is 0 Å². The highest BCUT2D eigenvalue weighted by atomic mass is 32.2. The second-order valence-corrected chi connectivity index (χ2v) is 7.53. The van der Waals surface area contributed by atoms with Gasteiger partial charge < -0.3 is 9.47 Å². The minimum absolute atomic E-state index is 0.365. The molecule has 0 unspecified atom stereocenters. The second kappa shape index (κ2) is 11.4. The van der Waals surface area contributed by atoms with E-state index in [0.29, 0.717) is 24.2 Å². The van der Waals surface area contributed by atoms with Gasteiger partial charge in [-0.25, -0.2) is 9.10 Å². The van der Waals surface area contributed by atoms with Crippen molar-refractivity contribution in [2.45, 2.75) is 39.5 Å². The molecule has 0 aliphatic rings. The predicted octanol–water partition coefficient (Wildman–Crippen LogP) is 6.07. The molecule has 0 radical (unpaired) electrons. The van der Waals surface area contributed by atoms with Crippen LogP contribution in [0.1, 0.15) is 50.7 Å². The zero-order valence-electron chi connectivity index (χ0n) is 16.9. The number of ether oxygens (including phenoxy) is 2. The summed E-state index contributed by atoms with van der Waals surface area (Å²) >= 11 is 0.997. The van der Waals surface area contributed by atoms with E-state index in [1.54, 1.807) is 13.1 Å². The molecule has 2 rings (SSSR count). The first-order valence-corrected chi connectivity index (χ1v) is 10.2. The predicted molar refractivity (Wildman–Crippen MR) is 116 cm³/mol. The number of amides is 1. The lowest BCUT2D eigenvalue weighted by Crippen LogP contribution is -2.23. The van der Waals surface area contributed by atoms with Gasteiger partial charge in [-0.2, -0.15) is 4.40 Å². The Labute approximate surface area is 172 Å². The molecule has 1 amide bonds. The first-order valence-electron chi connectivity index (χ1n) is 9.50. The fourth-order valence-electron chi connectivity index (χ4n) is 2.29. The highest BCUT2D eigenvalue weighted by molar-refractivity contribution is 7.96. The van der Waals surface area contributed by atoms with Gasteiger partial charge >= 0.3 is 6.09 Å². The Morgan fingerprint density at radius 2 is 1.89 bits per heavy atom. The van der Waals surface area contributed by atoms with Crippen LogP contribution < -0.4 is 4.74 Å². The normalized spacial score (nSPS) is 11.4. The first kappa shape index (κ1) is 21.8. The molecule has 0 fully saturated rings. The van der Waals surface area contributed by atoms with Crippen LogP contribution in [0.2, 0.25) is 0 Å². The quantitative estimate of drug-likeness (QED) is 0.234. The van der Waals surface area contributed by atoms with E-state index >= 15 is 0 Å². The fourth-order valence-corrected chi connectivity index (χ4v) is 2.75. The van der Waals surface area contributed by atoms with Gasteiger partial charge in [0, 0.05) is 12.6 Å². The number of hydrogen-bond donors (Lipinski definition) is 0. The van der Waals surface area contributed by atoms with Crippen molar-refractivity contribution < 1.29 is 14.3 Å². The van der Waals surface area contributed by atoms with Crippen LogP contribution in [0.3, 0.4) is 0 Å². The standard InChI is InChI=1S/C22H28N2O3S/c1-5-6-15-26-21(18-11-8-7-9-12-18)23-28-24(4)22(25)27-20-14-10-13-19(16-20)17(2)3/h7-14,16-17H,5-6,15H2,1-4H3. The van der Waals surface area contributed by atoms with Crippen LogP contribution >= 0.6 is 12.1 Å². The van der Waals surface area contributed by atoms with Crippen molar-refractivity contribution in [3.63, 3.8) is 0 Å². The number of carbonyl (C=O) groups excluding carboxylic acids is 1. The summed E-state index contributed by atoms with van der Waals surface area (Å²) in [6.07, 6.45) is 1.49. The van der Waals surface area contributed by atoms with Crippen molar-refractivity contribution >= 4 is 24.1 Å². The van der Waals surface area contributed by atoms with Crippen molar-refractivity contribution in [1.82, 2.24) is 4.31 Å². The number of hydrogen-bond acceptors (Lipinski definition) is 5. The molecule has 28 heavy (non-hydrogen) atoms. The molecule has 0 atom stereocenters. The monoisotopic (exact) mass is 400 g/mol. The number of carbonyl (C=O) groups is 1. The molecular formula is C22H28N2O3S. The Morgan fingerprint density at radius 1 is 1.14 bits per heavy atom. The smallest absolute Gasteiger partial charge is 0.426 e. The lowest BCUT2D eigenvalue weighted by atomic mass is 10.0. The molecule has 0 saturated carbocycles. The Balaban J connectivity index is 2.02. The molecule has 0 saturated heterocycles. The van der Waals surface area contributed by atoms with Crippen LogP contribution in [0.4, 0.5) is 4.79 Å². The Morgan fingerprint density at radius 3 is 2.57 bits per heavy atom. The lowest BCUT2D eigenvalue weighted by molar-refractivity contribution is 0.187. The maximum atomic E-state index is 12.4. The van der Waals surface area contributed by atoms with Crippen LogP contribution in [0.15, 0.2) is 59.0 Å². The maximum absolute atomic E-state index is 12.4. The van der Waals surface area contributed by atoms with Gasteiger partial charge in [0.15, 0.2) is 0 Å². The van der Waals surface area contributed by atoms with E-state index in [4.69, 9.17) is 9.47 Å². The SMILES string of the molecule is CCCCOC(=NSN(C)C(=O)Oc1cccc(C(C)C)c1)c1ccccc1. The molecule has 0 heterocycles. The van der Waals surface area contributed by atoms with Gasteiger partial charge in [-0.05, 0) is 42.2 Å². The molecule has 0 aromatic heterocycles. The molecule has 150 valence electrons. The number of benzene rings is 2. The third kappa shape index (κ3) is 6.93. The average Bonchev–Trinajstić information content (AvgIpc) is 2.71. The molecule has 0 aliphatic heterocycles. The summed E-state index contributed by atoms with van der Waals surface area (Å²) in [5.41, 5.74) is 1.99. The lowest BCUT2D eigenvalue weighted by Gasteiger charge is -2.15. The molecule has 0 spiro atoms. The second-order valence-electron chi connectivity index (χ2n) is 6.64. The summed E-state index contributed by atoms with van der Waals surface area (Å²) in [5, 5.41) is 0. The van der Waals surface area contributed by atoms with Crippen molar-refractivity contribution in [2.24, 2.45) is 4.40 Å². The van der Waals surface area contributed by atoms with E-state index in [9.17, 15) is 4.79 Å². The molecule has 0 bridgehead atoms. The van der Waals surface area contributed by atoms with Gasteiger partial charge in [-0.1, -0.05) is 57.5 Å². The highest BCUT2D eigenvalue weighted by Gasteiger charge is 2.14. The van der Waals surface area contributed by atoms with Gasteiger partial charge in [-0.15, -0.1) is 0 Å². The minimum Gasteiger partial charge on any atom is -0.477 e. The number of rotatable bonds is 8. The summed E-state index contributed by atoms with van der Waals surface area (Å²) in [5.74, 6) is 1.39. The summed E-state index contributed by atoms with van der Waals surface area (Å²) in [6, 6.07) is 17.2. The van der Waals surface area contributed by atoms with Crippen LogP contribution in [-0.2, 0) is 4.74 Å². The Kier molecular flexibility index (Phi) is 8.88. The van der Waals surface area contributed by atoms with Crippen LogP contribution in [0.25, 0.3) is 0 Å². The third-order valence-electron chi connectivity index (χ3n) is 3.99. The average molecular weight is 401 g/mol.